The van der Waals surface area contributed by atoms with Crippen molar-refractivity contribution in [2.24, 2.45) is 5.73 Å². The van der Waals surface area contributed by atoms with E-state index in [1.165, 1.54) is 0 Å². The van der Waals surface area contributed by atoms with Gasteiger partial charge in [0.05, 0.1) is 0 Å². The van der Waals surface area contributed by atoms with Crippen molar-refractivity contribution in [1.82, 2.24) is 4.98 Å². The van der Waals surface area contributed by atoms with E-state index in [-0.39, 0.29) is 10.9 Å². The normalized spacial score (nSPS) is 9.95. The fourth-order valence-corrected chi connectivity index (χ4v) is 1.75. The van der Waals surface area contributed by atoms with Gasteiger partial charge >= 0.3 is 0 Å². The Hall–Kier alpha value is -2.27. The van der Waals surface area contributed by atoms with E-state index >= 15 is 0 Å². The topological polar surface area (TPSA) is 68.0 Å². The summed E-state index contributed by atoms with van der Waals surface area (Å²) in [6.45, 7) is 1.88. The van der Waals surface area contributed by atoms with Crippen molar-refractivity contribution < 1.29 is 4.79 Å². The summed E-state index contributed by atoms with van der Waals surface area (Å²) in [4.78, 5) is 16.4. The van der Waals surface area contributed by atoms with Gasteiger partial charge in [0.25, 0.3) is 5.91 Å². The van der Waals surface area contributed by atoms with Gasteiger partial charge in [-0.05, 0) is 30.7 Å². The molecule has 0 fully saturated rings. The number of amides is 1. The first-order valence-electron chi connectivity index (χ1n) is 5.70. The lowest BCUT2D eigenvalue weighted by molar-refractivity contribution is 0.102. The molecule has 19 heavy (non-hydrogen) atoms. The standard InChI is InChI=1S/C14H13N3OS/c1-9-8-16-6-5-12(9)17-14(18)11-4-2-3-10(7-11)13(15)19/h2-8H,1H3,(H2,15,19)(H,16,17,18). The van der Waals surface area contributed by atoms with Crippen LogP contribution < -0.4 is 11.1 Å². The maximum atomic E-state index is 12.1. The molecule has 0 atom stereocenters. The number of nitrogens with zero attached hydrogens (tertiary/aromatic N) is 1. The van der Waals surface area contributed by atoms with E-state index in [1.807, 2.05) is 6.92 Å². The molecule has 0 aliphatic heterocycles. The number of benzene rings is 1. The molecule has 1 aromatic carbocycles. The van der Waals surface area contributed by atoms with Crippen LogP contribution in [-0.4, -0.2) is 15.9 Å². The van der Waals surface area contributed by atoms with Gasteiger partial charge in [0.2, 0.25) is 0 Å². The molecular weight excluding hydrogens is 258 g/mol. The highest BCUT2D eigenvalue weighted by atomic mass is 32.1. The number of anilines is 1. The van der Waals surface area contributed by atoms with Gasteiger partial charge in [0.15, 0.2) is 0 Å². The van der Waals surface area contributed by atoms with Crippen LogP contribution in [0.2, 0.25) is 0 Å². The fraction of sp³-hybridized carbons (Fsp3) is 0.0714. The Morgan fingerprint density at radius 2 is 2.05 bits per heavy atom. The van der Waals surface area contributed by atoms with Gasteiger partial charge in [-0.25, -0.2) is 0 Å². The molecule has 0 bridgehead atoms. The van der Waals surface area contributed by atoms with Gasteiger partial charge in [-0.3, -0.25) is 9.78 Å². The molecule has 5 heteroatoms. The monoisotopic (exact) mass is 271 g/mol. The number of rotatable bonds is 3. The van der Waals surface area contributed by atoms with E-state index in [2.05, 4.69) is 10.3 Å². The molecule has 0 unspecified atom stereocenters. The quantitative estimate of drug-likeness (QED) is 0.840. The van der Waals surface area contributed by atoms with Crippen LogP contribution in [-0.2, 0) is 0 Å². The first-order chi connectivity index (χ1) is 9.08. The minimum Gasteiger partial charge on any atom is -0.389 e. The van der Waals surface area contributed by atoms with E-state index in [0.29, 0.717) is 11.1 Å². The second-order valence-corrected chi connectivity index (χ2v) is 4.53. The Morgan fingerprint density at radius 3 is 2.74 bits per heavy atom. The molecule has 1 aromatic heterocycles. The minimum absolute atomic E-state index is 0.201. The Bertz CT molecular complexity index is 640. The molecule has 4 nitrogen and oxygen atoms in total. The third-order valence-electron chi connectivity index (χ3n) is 2.68. The molecule has 3 N–H and O–H groups in total. The van der Waals surface area contributed by atoms with E-state index in [1.54, 1.807) is 42.7 Å². The van der Waals surface area contributed by atoms with Crippen LogP contribution in [0.25, 0.3) is 0 Å². The smallest absolute Gasteiger partial charge is 0.255 e. The molecule has 0 radical (unpaired) electrons. The first kappa shape index (κ1) is 13.2. The Balaban J connectivity index is 2.23. The highest BCUT2D eigenvalue weighted by Gasteiger charge is 2.08. The van der Waals surface area contributed by atoms with Crippen LogP contribution in [0.1, 0.15) is 21.5 Å². The lowest BCUT2D eigenvalue weighted by Gasteiger charge is -2.08. The lowest BCUT2D eigenvalue weighted by Crippen LogP contribution is -2.15. The third kappa shape index (κ3) is 3.14. The number of aromatic nitrogens is 1. The largest absolute Gasteiger partial charge is 0.389 e. The van der Waals surface area contributed by atoms with E-state index in [0.717, 1.165) is 11.3 Å². The van der Waals surface area contributed by atoms with Crippen LogP contribution in [0.3, 0.4) is 0 Å². The fourth-order valence-electron chi connectivity index (χ4n) is 1.62. The second-order valence-electron chi connectivity index (χ2n) is 4.09. The Labute approximate surface area is 116 Å². The molecule has 0 aliphatic carbocycles. The predicted octanol–water partition coefficient (Wildman–Crippen LogP) is 2.28. The number of aryl methyl sites for hydroxylation is 1. The number of hydrogen-bond acceptors (Lipinski definition) is 3. The maximum absolute atomic E-state index is 12.1. The zero-order valence-electron chi connectivity index (χ0n) is 10.4. The summed E-state index contributed by atoms with van der Waals surface area (Å²) in [7, 11) is 0. The van der Waals surface area contributed by atoms with Gasteiger partial charge in [-0.2, -0.15) is 0 Å². The molecular formula is C14H13N3OS. The van der Waals surface area contributed by atoms with E-state index < -0.39 is 0 Å². The summed E-state index contributed by atoms with van der Waals surface area (Å²) < 4.78 is 0. The van der Waals surface area contributed by atoms with Crippen LogP contribution in [0.4, 0.5) is 5.69 Å². The van der Waals surface area contributed by atoms with Crippen LogP contribution in [0.15, 0.2) is 42.7 Å². The first-order valence-corrected chi connectivity index (χ1v) is 6.10. The lowest BCUT2D eigenvalue weighted by atomic mass is 10.1. The average molecular weight is 271 g/mol. The second kappa shape index (κ2) is 5.58. The molecule has 2 rings (SSSR count). The summed E-state index contributed by atoms with van der Waals surface area (Å²) in [6.07, 6.45) is 3.33. The summed E-state index contributed by atoms with van der Waals surface area (Å²) >= 11 is 4.90. The number of pyridine rings is 1. The zero-order valence-corrected chi connectivity index (χ0v) is 11.2. The van der Waals surface area contributed by atoms with Crippen molar-refractivity contribution in [3.8, 4) is 0 Å². The summed E-state index contributed by atoms with van der Waals surface area (Å²) in [6, 6.07) is 8.67. The van der Waals surface area contributed by atoms with Gasteiger partial charge in [-0.15, -0.1) is 0 Å². The highest BCUT2D eigenvalue weighted by molar-refractivity contribution is 7.80. The maximum Gasteiger partial charge on any atom is 0.255 e. The van der Waals surface area contributed by atoms with Crippen molar-refractivity contribution in [2.75, 3.05) is 5.32 Å². The van der Waals surface area contributed by atoms with Crippen LogP contribution in [0, 0.1) is 6.92 Å². The number of carbonyl (C=O) groups is 1. The Morgan fingerprint density at radius 1 is 1.32 bits per heavy atom. The van der Waals surface area contributed by atoms with Crippen LogP contribution in [0.5, 0.6) is 0 Å². The number of carbonyl (C=O) groups excluding carboxylic acids is 1. The summed E-state index contributed by atoms with van der Waals surface area (Å²) in [5.74, 6) is -0.201. The number of thiocarbonyl (C=S) groups is 1. The third-order valence-corrected chi connectivity index (χ3v) is 2.91. The van der Waals surface area contributed by atoms with Gasteiger partial charge < -0.3 is 11.1 Å². The molecule has 96 valence electrons. The minimum atomic E-state index is -0.201. The zero-order chi connectivity index (χ0) is 13.8. The molecule has 0 saturated carbocycles. The van der Waals surface area contributed by atoms with Gasteiger partial charge in [0, 0.05) is 29.2 Å². The van der Waals surface area contributed by atoms with E-state index in [4.69, 9.17) is 18.0 Å². The predicted molar refractivity (Wildman–Crippen MR) is 79.3 cm³/mol. The molecule has 1 heterocycles. The van der Waals surface area contributed by atoms with Crippen LogP contribution >= 0.6 is 12.2 Å². The van der Waals surface area contributed by atoms with Gasteiger partial charge in [-0.1, -0.05) is 24.4 Å². The molecule has 0 spiro atoms. The molecule has 2 aromatic rings. The average Bonchev–Trinajstić information content (AvgIpc) is 2.41. The highest BCUT2D eigenvalue weighted by Crippen LogP contribution is 2.14. The number of hydrogen-bond donors (Lipinski definition) is 2. The van der Waals surface area contributed by atoms with Gasteiger partial charge in [0.1, 0.15) is 4.99 Å². The molecule has 1 amide bonds. The van der Waals surface area contributed by atoms with Crippen molar-refractivity contribution in [3.63, 3.8) is 0 Å². The number of nitrogens with one attached hydrogen (secondary N) is 1. The van der Waals surface area contributed by atoms with Crippen molar-refractivity contribution >= 4 is 28.8 Å². The number of nitrogens with two attached hydrogens (primary N) is 1. The summed E-state index contributed by atoms with van der Waals surface area (Å²) in [5, 5.41) is 2.83. The van der Waals surface area contributed by atoms with E-state index in [9.17, 15) is 4.79 Å². The van der Waals surface area contributed by atoms with Crippen molar-refractivity contribution in [2.45, 2.75) is 6.92 Å². The van der Waals surface area contributed by atoms with Crippen molar-refractivity contribution in [1.29, 1.82) is 0 Å². The van der Waals surface area contributed by atoms with Crippen molar-refractivity contribution in [3.05, 3.63) is 59.4 Å². The molecule has 0 aliphatic rings. The summed E-state index contributed by atoms with van der Waals surface area (Å²) in [5.41, 5.74) is 8.38. The Kier molecular flexibility index (Phi) is 3.87. The SMILES string of the molecule is Cc1cnccc1NC(=O)c1cccc(C(N)=S)c1. The molecule has 0 saturated heterocycles.